The van der Waals surface area contributed by atoms with E-state index in [0.29, 0.717) is 44.4 Å². The molecule has 0 radical (unpaired) electrons. The number of hydrogen-bond donors (Lipinski definition) is 2. The normalized spacial score (nSPS) is 12.7. The van der Waals surface area contributed by atoms with E-state index in [1.807, 2.05) is 6.92 Å². The quantitative estimate of drug-likeness (QED) is 0.371. The van der Waals surface area contributed by atoms with Gasteiger partial charge in [0, 0.05) is 16.1 Å². The molecule has 2 N–H and O–H groups in total. The Balaban J connectivity index is 1.78. The van der Waals surface area contributed by atoms with Gasteiger partial charge in [0.05, 0.1) is 25.0 Å². The smallest absolute Gasteiger partial charge is 0.416 e. The fraction of sp³-hybridized carbons (Fsp3) is 0.227. The van der Waals surface area contributed by atoms with Gasteiger partial charge < -0.3 is 15.0 Å². The lowest BCUT2D eigenvalue weighted by Crippen LogP contribution is -2.11. The van der Waals surface area contributed by atoms with Crippen molar-refractivity contribution in [2.45, 2.75) is 26.1 Å². The number of nitrogens with zero attached hydrogens (tertiary/aromatic N) is 3. The lowest BCUT2D eigenvalue weighted by atomic mass is 9.93. The number of benzene rings is 2. The molecule has 166 valence electrons. The maximum Gasteiger partial charge on any atom is 0.416 e. The summed E-state index contributed by atoms with van der Waals surface area (Å²) >= 11 is 6.52. The molecule has 2 aromatic heterocycles. The number of aromatic amines is 1. The van der Waals surface area contributed by atoms with Gasteiger partial charge in [-0.2, -0.15) is 13.2 Å². The molecule has 0 bridgehead atoms. The van der Waals surface area contributed by atoms with Crippen molar-refractivity contribution in [3.63, 3.8) is 0 Å². The van der Waals surface area contributed by atoms with Gasteiger partial charge in [-0.3, -0.25) is 0 Å². The van der Waals surface area contributed by atoms with Crippen LogP contribution in [0.25, 0.3) is 22.3 Å². The molecule has 0 aliphatic heterocycles. The molecule has 4 rings (SSSR count). The van der Waals surface area contributed by atoms with Gasteiger partial charge >= 0.3 is 6.18 Å². The van der Waals surface area contributed by atoms with Crippen LogP contribution >= 0.6 is 11.6 Å². The van der Waals surface area contributed by atoms with Crippen LogP contribution in [0.3, 0.4) is 0 Å². The standard InChI is InChI=1S/C22H19ClF3N5O/c1-11-16(23)8-15(12(2)31-21-18-20(28-9-27-18)29-10-30-21)19(32-3)17(11)13-4-6-14(7-5-13)22(24,25)26/h4-10,12H,1-3H3,(H2,27,28,29,30,31). The first-order valence-electron chi connectivity index (χ1n) is 9.66. The van der Waals surface area contributed by atoms with E-state index in [2.05, 4.69) is 25.3 Å². The Bertz CT molecular complexity index is 1270. The number of ether oxygens (including phenoxy) is 1. The third kappa shape index (κ3) is 3.95. The molecule has 10 heteroatoms. The first kappa shape index (κ1) is 21.9. The van der Waals surface area contributed by atoms with E-state index in [1.54, 1.807) is 13.0 Å². The van der Waals surface area contributed by atoms with Crippen LogP contribution in [0.4, 0.5) is 19.0 Å². The topological polar surface area (TPSA) is 75.7 Å². The Labute approximate surface area is 186 Å². The summed E-state index contributed by atoms with van der Waals surface area (Å²) in [6.45, 7) is 3.71. The summed E-state index contributed by atoms with van der Waals surface area (Å²) in [6, 6.07) is 6.40. The minimum atomic E-state index is -4.41. The van der Waals surface area contributed by atoms with E-state index in [0.717, 1.165) is 17.7 Å². The van der Waals surface area contributed by atoms with Crippen molar-refractivity contribution in [2.24, 2.45) is 0 Å². The first-order valence-corrected chi connectivity index (χ1v) is 10.0. The van der Waals surface area contributed by atoms with Gasteiger partial charge in [-0.15, -0.1) is 0 Å². The maximum absolute atomic E-state index is 13.0. The molecule has 6 nitrogen and oxygen atoms in total. The summed E-state index contributed by atoms with van der Waals surface area (Å²) in [7, 11) is 1.52. The van der Waals surface area contributed by atoms with E-state index < -0.39 is 11.7 Å². The minimum Gasteiger partial charge on any atom is -0.496 e. The van der Waals surface area contributed by atoms with Gasteiger partial charge in [0.1, 0.15) is 17.6 Å². The van der Waals surface area contributed by atoms with E-state index in [-0.39, 0.29) is 6.04 Å². The Kier molecular flexibility index (Phi) is 5.68. The van der Waals surface area contributed by atoms with Gasteiger partial charge in [0.2, 0.25) is 0 Å². The lowest BCUT2D eigenvalue weighted by Gasteiger charge is -2.23. The van der Waals surface area contributed by atoms with Crippen LogP contribution in [0.5, 0.6) is 5.75 Å². The summed E-state index contributed by atoms with van der Waals surface area (Å²) in [6.07, 6.45) is -1.46. The predicted octanol–water partition coefficient (Wildman–Crippen LogP) is 6.18. The van der Waals surface area contributed by atoms with Crippen molar-refractivity contribution < 1.29 is 17.9 Å². The number of imidazole rings is 1. The van der Waals surface area contributed by atoms with Crippen LogP contribution in [0.1, 0.15) is 29.7 Å². The number of H-pyrrole nitrogens is 1. The summed E-state index contributed by atoms with van der Waals surface area (Å²) in [5, 5.41) is 3.76. The van der Waals surface area contributed by atoms with Crippen LogP contribution in [0.15, 0.2) is 43.0 Å². The minimum absolute atomic E-state index is 0.314. The zero-order chi connectivity index (χ0) is 23.0. The molecule has 0 fully saturated rings. The molecule has 1 atom stereocenters. The van der Waals surface area contributed by atoms with Crippen LogP contribution in [-0.4, -0.2) is 27.0 Å². The Morgan fingerprint density at radius 3 is 2.50 bits per heavy atom. The fourth-order valence-corrected chi connectivity index (χ4v) is 3.82. The molecular weight excluding hydrogens is 443 g/mol. The molecule has 0 amide bonds. The number of hydrogen-bond acceptors (Lipinski definition) is 5. The van der Waals surface area contributed by atoms with Gasteiger partial charge in [0.25, 0.3) is 0 Å². The number of methoxy groups -OCH3 is 1. The fourth-order valence-electron chi connectivity index (χ4n) is 3.61. The van der Waals surface area contributed by atoms with Crippen molar-refractivity contribution in [3.05, 3.63) is 64.7 Å². The average Bonchev–Trinajstić information content (AvgIpc) is 3.24. The van der Waals surface area contributed by atoms with Crippen LogP contribution in [0.2, 0.25) is 5.02 Å². The van der Waals surface area contributed by atoms with Gasteiger partial charge in [-0.1, -0.05) is 23.7 Å². The molecule has 0 aliphatic carbocycles. The molecule has 2 heterocycles. The molecular formula is C22H19ClF3N5O. The summed E-state index contributed by atoms with van der Waals surface area (Å²) in [5.74, 6) is 1.04. The Morgan fingerprint density at radius 1 is 1.12 bits per heavy atom. The molecule has 2 aromatic carbocycles. The number of alkyl halides is 3. The molecule has 32 heavy (non-hydrogen) atoms. The van der Waals surface area contributed by atoms with Crippen LogP contribution < -0.4 is 10.1 Å². The highest BCUT2D eigenvalue weighted by molar-refractivity contribution is 6.32. The number of anilines is 1. The molecule has 1 unspecified atom stereocenters. The highest BCUT2D eigenvalue weighted by atomic mass is 35.5. The zero-order valence-electron chi connectivity index (χ0n) is 17.4. The summed E-state index contributed by atoms with van der Waals surface area (Å²) in [5.41, 5.74) is 3.08. The van der Waals surface area contributed by atoms with Crippen molar-refractivity contribution >= 4 is 28.6 Å². The van der Waals surface area contributed by atoms with E-state index in [4.69, 9.17) is 16.3 Å². The Morgan fingerprint density at radius 2 is 1.84 bits per heavy atom. The number of aromatic nitrogens is 4. The summed E-state index contributed by atoms with van der Waals surface area (Å²) < 4.78 is 44.7. The van der Waals surface area contributed by atoms with Crippen molar-refractivity contribution in [1.29, 1.82) is 0 Å². The second-order valence-electron chi connectivity index (χ2n) is 7.24. The van der Waals surface area contributed by atoms with Crippen molar-refractivity contribution in [1.82, 2.24) is 19.9 Å². The van der Waals surface area contributed by atoms with Crippen molar-refractivity contribution in [3.8, 4) is 16.9 Å². The lowest BCUT2D eigenvalue weighted by molar-refractivity contribution is -0.137. The number of fused-ring (bicyclic) bond motifs is 1. The van der Waals surface area contributed by atoms with Gasteiger partial charge in [-0.05, 0) is 43.2 Å². The van der Waals surface area contributed by atoms with Gasteiger partial charge in [-0.25, -0.2) is 15.0 Å². The maximum atomic E-state index is 13.0. The predicted molar refractivity (Wildman–Crippen MR) is 117 cm³/mol. The second-order valence-corrected chi connectivity index (χ2v) is 7.65. The molecule has 0 saturated heterocycles. The highest BCUT2D eigenvalue weighted by Crippen LogP contribution is 2.43. The molecule has 0 saturated carbocycles. The molecule has 0 aliphatic rings. The van der Waals surface area contributed by atoms with E-state index >= 15 is 0 Å². The third-order valence-electron chi connectivity index (χ3n) is 5.25. The van der Waals surface area contributed by atoms with E-state index in [9.17, 15) is 13.2 Å². The van der Waals surface area contributed by atoms with Crippen molar-refractivity contribution in [2.75, 3.05) is 12.4 Å². The van der Waals surface area contributed by atoms with Crippen LogP contribution in [0, 0.1) is 6.92 Å². The molecule has 0 spiro atoms. The monoisotopic (exact) mass is 461 g/mol. The number of halogens is 4. The summed E-state index contributed by atoms with van der Waals surface area (Å²) in [4.78, 5) is 15.6. The second kappa shape index (κ2) is 8.31. The van der Waals surface area contributed by atoms with Gasteiger partial charge in [0.15, 0.2) is 11.5 Å². The SMILES string of the molecule is COc1c(C(C)Nc2ncnc3[nH]cnc23)cc(Cl)c(C)c1-c1ccc(C(F)(F)F)cc1. The average molecular weight is 462 g/mol. The first-order chi connectivity index (χ1) is 15.2. The third-order valence-corrected chi connectivity index (χ3v) is 5.64. The molecule has 4 aromatic rings. The largest absolute Gasteiger partial charge is 0.496 e. The number of rotatable bonds is 5. The highest BCUT2D eigenvalue weighted by Gasteiger charge is 2.30. The van der Waals surface area contributed by atoms with Crippen LogP contribution in [-0.2, 0) is 6.18 Å². The Hall–Kier alpha value is -3.33. The van der Waals surface area contributed by atoms with E-state index in [1.165, 1.54) is 31.9 Å². The number of nitrogens with one attached hydrogen (secondary N) is 2. The zero-order valence-corrected chi connectivity index (χ0v) is 18.1.